The van der Waals surface area contributed by atoms with E-state index in [0.29, 0.717) is 16.9 Å². The molecule has 0 radical (unpaired) electrons. The van der Waals surface area contributed by atoms with Crippen molar-refractivity contribution in [3.8, 4) is 0 Å². The molecule has 3 atom stereocenters. The summed E-state index contributed by atoms with van der Waals surface area (Å²) in [5.41, 5.74) is 2.17. The Morgan fingerprint density at radius 3 is 2.58 bits per heavy atom. The van der Waals surface area contributed by atoms with Crippen LogP contribution >= 0.6 is 11.3 Å². The average Bonchev–Trinajstić information content (AvgIpc) is 2.88. The first-order valence-corrected chi connectivity index (χ1v) is 8.31. The van der Waals surface area contributed by atoms with Crippen LogP contribution in [-0.4, -0.2) is 11.0 Å². The Hall–Kier alpha value is -0.410. The molecule has 0 aromatic carbocycles. The Morgan fingerprint density at radius 1 is 1.32 bits per heavy atom. The second-order valence-electron chi connectivity index (χ2n) is 7.47. The predicted octanol–water partition coefficient (Wildman–Crippen LogP) is 4.06. The fourth-order valence-corrected chi connectivity index (χ4v) is 5.63. The van der Waals surface area contributed by atoms with E-state index in [-0.39, 0.29) is 0 Å². The van der Waals surface area contributed by atoms with E-state index in [9.17, 15) is 0 Å². The van der Waals surface area contributed by atoms with Crippen molar-refractivity contribution in [3.05, 3.63) is 15.6 Å². The fraction of sp³-hybridized carbons (Fsp3) is 0.812. The molecule has 2 nitrogen and oxygen atoms in total. The summed E-state index contributed by atoms with van der Waals surface area (Å²) >= 11 is 1.84. The molecule has 19 heavy (non-hydrogen) atoms. The van der Waals surface area contributed by atoms with Crippen molar-refractivity contribution in [2.75, 3.05) is 0 Å². The molecule has 1 N–H and O–H groups in total. The van der Waals surface area contributed by atoms with Crippen molar-refractivity contribution in [2.45, 2.75) is 66.5 Å². The summed E-state index contributed by atoms with van der Waals surface area (Å²) in [4.78, 5) is 5.95. The van der Waals surface area contributed by atoms with Crippen LogP contribution in [0.25, 0.3) is 0 Å². The quantitative estimate of drug-likeness (QED) is 0.901. The number of fused-ring (bicyclic) bond motifs is 2. The zero-order valence-corrected chi connectivity index (χ0v) is 13.7. The zero-order valence-electron chi connectivity index (χ0n) is 12.8. The molecule has 3 heteroatoms. The Balaban J connectivity index is 1.75. The van der Waals surface area contributed by atoms with Gasteiger partial charge < -0.3 is 5.32 Å². The van der Waals surface area contributed by atoms with Gasteiger partial charge in [-0.15, -0.1) is 11.3 Å². The number of rotatable bonds is 3. The molecule has 3 rings (SSSR count). The molecule has 0 saturated heterocycles. The summed E-state index contributed by atoms with van der Waals surface area (Å²) in [6, 6.07) is 0.653. The van der Waals surface area contributed by atoms with Crippen molar-refractivity contribution in [3.63, 3.8) is 0 Å². The van der Waals surface area contributed by atoms with Gasteiger partial charge in [-0.2, -0.15) is 0 Å². The molecule has 1 aromatic heterocycles. The molecule has 0 amide bonds. The van der Waals surface area contributed by atoms with E-state index in [4.69, 9.17) is 0 Å². The Kier molecular flexibility index (Phi) is 3.06. The van der Waals surface area contributed by atoms with Gasteiger partial charge in [0, 0.05) is 17.5 Å². The molecule has 1 aromatic rings. The summed E-state index contributed by atoms with van der Waals surface area (Å²) in [6.07, 6.45) is 4.25. The Labute approximate surface area is 121 Å². The molecule has 1 heterocycles. The van der Waals surface area contributed by atoms with Gasteiger partial charge in [-0.05, 0) is 49.9 Å². The maximum atomic E-state index is 4.54. The lowest BCUT2D eigenvalue weighted by Crippen LogP contribution is -2.49. The van der Waals surface area contributed by atoms with Crippen molar-refractivity contribution < 1.29 is 0 Å². The maximum Gasteiger partial charge on any atom is 0.0900 e. The van der Waals surface area contributed by atoms with Crippen molar-refractivity contribution in [1.29, 1.82) is 0 Å². The topological polar surface area (TPSA) is 24.9 Å². The fourth-order valence-electron chi connectivity index (χ4n) is 4.74. The van der Waals surface area contributed by atoms with Gasteiger partial charge in [0.05, 0.1) is 10.7 Å². The zero-order chi connectivity index (χ0) is 13.8. The van der Waals surface area contributed by atoms with Gasteiger partial charge in [-0.3, -0.25) is 0 Å². The second-order valence-corrected chi connectivity index (χ2v) is 8.76. The van der Waals surface area contributed by atoms with E-state index in [1.54, 1.807) is 0 Å². The van der Waals surface area contributed by atoms with Crippen LogP contribution in [0.1, 0.15) is 55.6 Å². The average molecular weight is 278 g/mol. The number of nitrogens with zero attached hydrogens (tertiary/aromatic N) is 1. The molecular weight excluding hydrogens is 252 g/mol. The smallest absolute Gasteiger partial charge is 0.0900 e. The Morgan fingerprint density at radius 2 is 2.05 bits per heavy atom. The largest absolute Gasteiger partial charge is 0.308 e. The predicted molar refractivity (Wildman–Crippen MR) is 81.4 cm³/mol. The molecule has 2 saturated carbocycles. The summed E-state index contributed by atoms with van der Waals surface area (Å²) in [5, 5.41) is 5.07. The summed E-state index contributed by atoms with van der Waals surface area (Å²) < 4.78 is 0. The van der Waals surface area contributed by atoms with Gasteiger partial charge in [0.1, 0.15) is 0 Å². The lowest BCUT2D eigenvalue weighted by molar-refractivity contribution is 0.108. The molecule has 2 aliphatic rings. The van der Waals surface area contributed by atoms with E-state index in [2.05, 4.69) is 44.9 Å². The molecule has 106 valence electrons. The molecule has 2 aliphatic carbocycles. The second kappa shape index (κ2) is 4.29. The van der Waals surface area contributed by atoms with E-state index < -0.39 is 0 Å². The van der Waals surface area contributed by atoms with E-state index in [1.807, 2.05) is 11.3 Å². The highest BCUT2D eigenvalue weighted by Crippen LogP contribution is 2.62. The van der Waals surface area contributed by atoms with E-state index >= 15 is 0 Å². The van der Waals surface area contributed by atoms with Gasteiger partial charge >= 0.3 is 0 Å². The normalized spacial score (nSPS) is 36.1. The van der Waals surface area contributed by atoms with Gasteiger partial charge in [-0.25, -0.2) is 4.98 Å². The van der Waals surface area contributed by atoms with Gasteiger partial charge in [0.25, 0.3) is 0 Å². The van der Waals surface area contributed by atoms with Gasteiger partial charge in [0.15, 0.2) is 0 Å². The minimum Gasteiger partial charge on any atom is -0.308 e. The van der Waals surface area contributed by atoms with Crippen molar-refractivity contribution >= 4 is 11.3 Å². The first-order chi connectivity index (χ1) is 8.83. The lowest BCUT2D eigenvalue weighted by Gasteiger charge is -2.43. The number of thiazole rings is 1. The third-order valence-electron chi connectivity index (χ3n) is 5.74. The highest BCUT2D eigenvalue weighted by molar-refractivity contribution is 7.11. The number of aromatic nitrogens is 1. The Bertz CT molecular complexity index is 486. The number of aryl methyl sites for hydroxylation is 2. The minimum atomic E-state index is 0.445. The van der Waals surface area contributed by atoms with Crippen molar-refractivity contribution in [2.24, 2.45) is 16.7 Å². The van der Waals surface area contributed by atoms with Gasteiger partial charge in [0.2, 0.25) is 0 Å². The summed E-state index contributed by atoms with van der Waals surface area (Å²) in [7, 11) is 0. The van der Waals surface area contributed by atoms with Gasteiger partial charge in [-0.1, -0.05) is 20.8 Å². The molecule has 2 bridgehead atoms. The first-order valence-electron chi connectivity index (χ1n) is 7.49. The standard InChI is InChI=1S/C16H26N2S/c1-10-13(19-11(2)18-10)9-17-14-15(3,4)12-6-7-16(14,5)8-12/h12,14,17H,6-9H2,1-5H3. The number of nitrogens with one attached hydrogen (secondary N) is 1. The van der Waals surface area contributed by atoms with Crippen LogP contribution < -0.4 is 5.32 Å². The van der Waals surface area contributed by atoms with Crippen LogP contribution in [0, 0.1) is 30.6 Å². The molecular formula is C16H26N2S. The molecule has 0 spiro atoms. The van der Waals surface area contributed by atoms with Crippen LogP contribution in [-0.2, 0) is 6.54 Å². The summed E-state index contributed by atoms with van der Waals surface area (Å²) in [6.45, 7) is 12.6. The number of hydrogen-bond donors (Lipinski definition) is 1. The van der Waals surface area contributed by atoms with Crippen LogP contribution in [0.2, 0.25) is 0 Å². The maximum absolute atomic E-state index is 4.54. The van der Waals surface area contributed by atoms with E-state index in [1.165, 1.54) is 34.8 Å². The SMILES string of the molecule is Cc1nc(C)c(CNC2C3(C)CCC(C3)C2(C)C)s1. The van der Waals surface area contributed by atoms with Crippen LogP contribution in [0.4, 0.5) is 0 Å². The molecule has 3 unspecified atom stereocenters. The monoisotopic (exact) mass is 278 g/mol. The van der Waals surface area contributed by atoms with Crippen LogP contribution in [0.5, 0.6) is 0 Å². The highest BCUT2D eigenvalue weighted by atomic mass is 32.1. The van der Waals surface area contributed by atoms with E-state index in [0.717, 1.165) is 12.5 Å². The van der Waals surface area contributed by atoms with Crippen LogP contribution in [0.15, 0.2) is 0 Å². The minimum absolute atomic E-state index is 0.445. The summed E-state index contributed by atoms with van der Waals surface area (Å²) in [5.74, 6) is 0.916. The third-order valence-corrected chi connectivity index (χ3v) is 6.81. The number of hydrogen-bond acceptors (Lipinski definition) is 3. The molecule has 2 fully saturated rings. The van der Waals surface area contributed by atoms with Crippen molar-refractivity contribution in [1.82, 2.24) is 10.3 Å². The highest BCUT2D eigenvalue weighted by Gasteiger charge is 2.58. The molecule has 0 aliphatic heterocycles. The lowest BCUT2D eigenvalue weighted by atomic mass is 9.68. The third kappa shape index (κ3) is 2.06. The van der Waals surface area contributed by atoms with Crippen LogP contribution in [0.3, 0.4) is 0 Å². The first kappa shape index (κ1) is 13.6.